The fourth-order valence-corrected chi connectivity index (χ4v) is 1.78. The van der Waals surface area contributed by atoms with E-state index in [1.54, 1.807) is 0 Å². The fourth-order valence-electron chi connectivity index (χ4n) is 1.78. The molecule has 0 aliphatic rings. The van der Waals surface area contributed by atoms with Crippen LogP contribution in [-0.4, -0.2) is 35.6 Å². The number of rotatable bonds is 12. The molecule has 0 saturated carbocycles. The van der Waals surface area contributed by atoms with Gasteiger partial charge in [-0.1, -0.05) is 33.1 Å². The number of aliphatic hydroxyl groups excluding tert-OH is 1. The lowest BCUT2D eigenvalue weighted by atomic mass is 10.0. The minimum Gasteiger partial charge on any atom is -0.391 e. The van der Waals surface area contributed by atoms with Crippen LogP contribution in [0.5, 0.6) is 0 Å². The first-order chi connectivity index (χ1) is 9.22. The first-order valence-electron chi connectivity index (χ1n) is 8.18. The Balaban J connectivity index is 3.83. The number of unbranched alkanes of at least 4 members (excludes halogenated alkanes) is 2. The number of ether oxygens (including phenoxy) is 2. The fraction of sp³-hybridized carbons (Fsp3) is 1.00. The molecular weight excluding hydrogens is 252 g/mol. The third kappa shape index (κ3) is 10.6. The molecule has 0 bridgehead atoms. The molecule has 122 valence electrons. The Kier molecular flexibility index (Phi) is 9.69. The zero-order chi connectivity index (χ0) is 15.6. The normalized spacial score (nSPS) is 14.6. The van der Waals surface area contributed by atoms with Gasteiger partial charge in [0.15, 0.2) is 0 Å². The quantitative estimate of drug-likeness (QED) is 0.544. The molecule has 0 fully saturated rings. The van der Waals surface area contributed by atoms with Crippen molar-refractivity contribution >= 4 is 0 Å². The van der Waals surface area contributed by atoms with Gasteiger partial charge >= 0.3 is 0 Å². The van der Waals surface area contributed by atoms with Crippen molar-refractivity contribution in [1.82, 2.24) is 0 Å². The van der Waals surface area contributed by atoms with Crippen LogP contribution in [0, 0.1) is 0 Å². The first kappa shape index (κ1) is 19.9. The summed E-state index contributed by atoms with van der Waals surface area (Å²) in [6.45, 7) is 13.8. The van der Waals surface area contributed by atoms with E-state index < -0.39 is 0 Å². The molecule has 20 heavy (non-hydrogen) atoms. The summed E-state index contributed by atoms with van der Waals surface area (Å²) in [6.07, 6.45) is 5.79. The van der Waals surface area contributed by atoms with Crippen LogP contribution in [0.15, 0.2) is 0 Å². The first-order valence-corrected chi connectivity index (χ1v) is 8.18. The molecule has 0 aliphatic carbocycles. The van der Waals surface area contributed by atoms with Gasteiger partial charge in [0.25, 0.3) is 0 Å². The van der Waals surface area contributed by atoms with Gasteiger partial charge in [-0.25, -0.2) is 0 Å². The molecule has 0 amide bonds. The predicted octanol–water partition coefficient (Wildman–Crippen LogP) is 4.32. The van der Waals surface area contributed by atoms with E-state index >= 15 is 0 Å². The summed E-state index contributed by atoms with van der Waals surface area (Å²) in [5.74, 6) is 0. The van der Waals surface area contributed by atoms with Crippen LogP contribution in [0.2, 0.25) is 0 Å². The topological polar surface area (TPSA) is 38.7 Å². The summed E-state index contributed by atoms with van der Waals surface area (Å²) in [4.78, 5) is 0. The molecule has 0 spiro atoms. The second-order valence-electron chi connectivity index (χ2n) is 6.93. The Labute approximate surface area is 126 Å². The van der Waals surface area contributed by atoms with Crippen LogP contribution < -0.4 is 0 Å². The second kappa shape index (κ2) is 9.75. The third-order valence-electron chi connectivity index (χ3n) is 3.86. The van der Waals surface area contributed by atoms with E-state index in [2.05, 4.69) is 41.5 Å². The maximum absolute atomic E-state index is 9.88. The van der Waals surface area contributed by atoms with Gasteiger partial charge in [-0.15, -0.1) is 0 Å². The Morgan fingerprint density at radius 3 is 2.15 bits per heavy atom. The molecular formula is C17H36O3. The highest BCUT2D eigenvalue weighted by atomic mass is 16.5. The molecule has 0 aromatic heterocycles. The van der Waals surface area contributed by atoms with Crippen molar-refractivity contribution in [1.29, 1.82) is 0 Å². The van der Waals surface area contributed by atoms with Gasteiger partial charge in [-0.05, 0) is 47.0 Å². The van der Waals surface area contributed by atoms with Crippen LogP contribution >= 0.6 is 0 Å². The molecule has 1 atom stereocenters. The largest absolute Gasteiger partial charge is 0.391 e. The lowest BCUT2D eigenvalue weighted by Gasteiger charge is -2.29. The highest BCUT2D eigenvalue weighted by Gasteiger charge is 2.22. The molecule has 3 heteroatoms. The Morgan fingerprint density at radius 1 is 0.950 bits per heavy atom. The molecule has 0 aromatic rings. The summed E-state index contributed by atoms with van der Waals surface area (Å²) < 4.78 is 11.7. The van der Waals surface area contributed by atoms with E-state index in [4.69, 9.17) is 9.47 Å². The SMILES string of the molecule is CCCCCC(O)COC(C)(C)CCOC(C)(C)CC. The molecule has 0 aliphatic heterocycles. The molecule has 1 N–H and O–H groups in total. The summed E-state index contributed by atoms with van der Waals surface area (Å²) >= 11 is 0. The van der Waals surface area contributed by atoms with Crippen molar-refractivity contribution in [2.24, 2.45) is 0 Å². The molecule has 0 aromatic carbocycles. The molecule has 0 heterocycles. The average Bonchev–Trinajstić information content (AvgIpc) is 2.36. The summed E-state index contributed by atoms with van der Waals surface area (Å²) in [6, 6.07) is 0. The van der Waals surface area contributed by atoms with E-state index in [-0.39, 0.29) is 17.3 Å². The average molecular weight is 288 g/mol. The summed E-state index contributed by atoms with van der Waals surface area (Å²) in [7, 11) is 0. The van der Waals surface area contributed by atoms with Crippen molar-refractivity contribution in [3.8, 4) is 0 Å². The zero-order valence-electron chi connectivity index (χ0n) is 14.5. The minimum atomic E-state index is -0.339. The van der Waals surface area contributed by atoms with Gasteiger partial charge in [0, 0.05) is 0 Å². The third-order valence-corrected chi connectivity index (χ3v) is 3.86. The molecule has 0 radical (unpaired) electrons. The summed E-state index contributed by atoms with van der Waals surface area (Å²) in [5.41, 5.74) is -0.300. The highest BCUT2D eigenvalue weighted by molar-refractivity contribution is 4.72. The standard InChI is InChI=1S/C17H36O3/c1-7-9-10-11-15(18)14-20-17(5,6)12-13-19-16(3,4)8-2/h15,18H,7-14H2,1-6H3. The molecule has 1 unspecified atom stereocenters. The Hall–Kier alpha value is -0.120. The van der Waals surface area contributed by atoms with Gasteiger partial charge in [0.05, 0.1) is 30.5 Å². The molecule has 3 nitrogen and oxygen atoms in total. The van der Waals surface area contributed by atoms with E-state index in [1.807, 2.05) is 0 Å². The highest BCUT2D eigenvalue weighted by Crippen LogP contribution is 2.19. The van der Waals surface area contributed by atoms with Gasteiger partial charge < -0.3 is 14.6 Å². The maximum atomic E-state index is 9.88. The second-order valence-corrected chi connectivity index (χ2v) is 6.93. The van der Waals surface area contributed by atoms with E-state index in [0.29, 0.717) is 13.2 Å². The maximum Gasteiger partial charge on any atom is 0.0774 e. The van der Waals surface area contributed by atoms with Crippen LogP contribution in [-0.2, 0) is 9.47 Å². The molecule has 0 saturated heterocycles. The monoisotopic (exact) mass is 288 g/mol. The van der Waals surface area contributed by atoms with Crippen molar-refractivity contribution < 1.29 is 14.6 Å². The van der Waals surface area contributed by atoms with Crippen LogP contribution in [0.3, 0.4) is 0 Å². The van der Waals surface area contributed by atoms with Gasteiger partial charge in [-0.2, -0.15) is 0 Å². The van der Waals surface area contributed by atoms with Crippen LogP contribution in [0.4, 0.5) is 0 Å². The lowest BCUT2D eigenvalue weighted by Crippen LogP contribution is -2.32. The van der Waals surface area contributed by atoms with Crippen molar-refractivity contribution in [3.63, 3.8) is 0 Å². The number of aliphatic hydroxyl groups is 1. The van der Waals surface area contributed by atoms with Gasteiger partial charge in [0.2, 0.25) is 0 Å². The van der Waals surface area contributed by atoms with Gasteiger partial charge in [-0.3, -0.25) is 0 Å². The predicted molar refractivity (Wildman–Crippen MR) is 85.1 cm³/mol. The van der Waals surface area contributed by atoms with E-state index in [0.717, 1.165) is 25.7 Å². The molecule has 0 rings (SSSR count). The van der Waals surface area contributed by atoms with Gasteiger partial charge in [0.1, 0.15) is 0 Å². The number of hydrogen-bond donors (Lipinski definition) is 1. The zero-order valence-corrected chi connectivity index (χ0v) is 14.5. The van der Waals surface area contributed by atoms with Crippen LogP contribution in [0.1, 0.15) is 80.1 Å². The lowest BCUT2D eigenvalue weighted by molar-refractivity contribution is -0.0925. The van der Waals surface area contributed by atoms with E-state index in [1.165, 1.54) is 12.8 Å². The Morgan fingerprint density at radius 2 is 1.60 bits per heavy atom. The van der Waals surface area contributed by atoms with Crippen LogP contribution in [0.25, 0.3) is 0 Å². The minimum absolute atomic E-state index is 0.0598. The van der Waals surface area contributed by atoms with Crippen molar-refractivity contribution in [3.05, 3.63) is 0 Å². The van der Waals surface area contributed by atoms with Crippen molar-refractivity contribution in [2.75, 3.05) is 13.2 Å². The summed E-state index contributed by atoms with van der Waals surface area (Å²) in [5, 5.41) is 9.88. The Bertz CT molecular complexity index is 236. The van der Waals surface area contributed by atoms with E-state index in [9.17, 15) is 5.11 Å². The smallest absolute Gasteiger partial charge is 0.0774 e. The van der Waals surface area contributed by atoms with Crippen molar-refractivity contribution in [2.45, 2.75) is 97.4 Å². The number of hydrogen-bond acceptors (Lipinski definition) is 3.